The third-order valence-corrected chi connectivity index (χ3v) is 1.59. The summed E-state index contributed by atoms with van der Waals surface area (Å²) in [6.45, 7) is 1.99. The molecule has 10 heavy (non-hydrogen) atoms. The lowest BCUT2D eigenvalue weighted by Crippen LogP contribution is -2.25. The minimum atomic E-state index is 0.893. The predicted octanol–water partition coefficient (Wildman–Crippen LogP) is 0.708. The van der Waals surface area contributed by atoms with E-state index in [1.165, 1.54) is 6.21 Å². The molecule has 0 radical (unpaired) electrons. The van der Waals surface area contributed by atoms with Crippen LogP contribution < -0.4 is 0 Å². The zero-order chi connectivity index (χ0) is 7.40. The maximum Gasteiger partial charge on any atom is 0.0703 e. The second-order valence-electron chi connectivity index (χ2n) is 2.55. The van der Waals surface area contributed by atoms with Crippen molar-refractivity contribution in [3.05, 3.63) is 11.6 Å². The van der Waals surface area contributed by atoms with Crippen LogP contribution in [0.3, 0.4) is 0 Å². The lowest BCUT2D eigenvalue weighted by molar-refractivity contribution is 0.319. The minimum absolute atomic E-state index is 0.893. The van der Waals surface area contributed by atoms with E-state index >= 15 is 0 Å². The van der Waals surface area contributed by atoms with Crippen LogP contribution >= 0.6 is 0 Å². The summed E-state index contributed by atoms with van der Waals surface area (Å²) in [5.41, 5.74) is 1.09. The fourth-order valence-corrected chi connectivity index (χ4v) is 1.09. The molecule has 1 N–H and O–H groups in total. The van der Waals surface area contributed by atoms with Crippen LogP contribution in [0.4, 0.5) is 0 Å². The van der Waals surface area contributed by atoms with Gasteiger partial charge in [0, 0.05) is 13.1 Å². The van der Waals surface area contributed by atoms with Crippen molar-refractivity contribution < 1.29 is 5.21 Å². The van der Waals surface area contributed by atoms with Gasteiger partial charge in [-0.2, -0.15) is 0 Å². The third kappa shape index (κ3) is 1.84. The Morgan fingerprint density at radius 1 is 1.80 bits per heavy atom. The van der Waals surface area contributed by atoms with Crippen molar-refractivity contribution in [3.63, 3.8) is 0 Å². The van der Waals surface area contributed by atoms with Gasteiger partial charge in [-0.3, -0.25) is 0 Å². The van der Waals surface area contributed by atoms with Crippen molar-refractivity contribution >= 4 is 6.21 Å². The molecule has 0 saturated heterocycles. The molecule has 1 aliphatic rings. The Bertz CT molecular complexity index is 163. The van der Waals surface area contributed by atoms with Gasteiger partial charge in [-0.25, -0.2) is 0 Å². The average molecular weight is 140 g/mol. The van der Waals surface area contributed by atoms with Gasteiger partial charge in [-0.15, -0.1) is 0 Å². The molecule has 1 rings (SSSR count). The van der Waals surface area contributed by atoms with Crippen LogP contribution in [0.15, 0.2) is 16.8 Å². The van der Waals surface area contributed by atoms with Gasteiger partial charge < -0.3 is 10.1 Å². The maximum atomic E-state index is 8.21. The number of nitrogens with zero attached hydrogens (tertiary/aromatic N) is 2. The quantitative estimate of drug-likeness (QED) is 0.331. The second-order valence-corrected chi connectivity index (χ2v) is 2.55. The molecular formula is C7H12N2O. The first-order chi connectivity index (χ1) is 4.83. The Balaban J connectivity index is 2.51. The van der Waals surface area contributed by atoms with Crippen LogP contribution in [0, 0.1) is 0 Å². The minimum Gasteiger partial charge on any atom is -0.411 e. The first-order valence-electron chi connectivity index (χ1n) is 3.38. The van der Waals surface area contributed by atoms with E-state index in [1.807, 2.05) is 0 Å². The Labute approximate surface area is 60.6 Å². The van der Waals surface area contributed by atoms with E-state index in [0.29, 0.717) is 0 Å². The molecule has 0 aromatic rings. The molecule has 0 aromatic carbocycles. The molecule has 0 bridgehead atoms. The molecule has 0 spiro atoms. The smallest absolute Gasteiger partial charge is 0.0703 e. The van der Waals surface area contributed by atoms with Gasteiger partial charge >= 0.3 is 0 Å². The van der Waals surface area contributed by atoms with E-state index in [2.05, 4.69) is 23.2 Å². The molecule has 3 nitrogen and oxygen atoms in total. The summed E-state index contributed by atoms with van der Waals surface area (Å²) in [6, 6.07) is 0. The Hall–Kier alpha value is -0.830. The molecule has 0 aliphatic carbocycles. The summed E-state index contributed by atoms with van der Waals surface area (Å²) in [6.07, 6.45) is 4.65. The average Bonchev–Trinajstić information content (AvgIpc) is 1.88. The maximum absolute atomic E-state index is 8.21. The summed E-state index contributed by atoms with van der Waals surface area (Å²) in [5, 5.41) is 11.2. The summed E-state index contributed by atoms with van der Waals surface area (Å²) in [4.78, 5) is 2.19. The standard InChI is InChI=1S/C7H12N2O/c1-9-4-2-3-7(6-9)5-8-10/h3,5,10H,2,4,6H2,1H3/b8-5-. The van der Waals surface area contributed by atoms with Gasteiger partial charge in [0.1, 0.15) is 0 Å². The number of likely N-dealkylation sites (N-methyl/N-ethyl adjacent to an activating group) is 1. The molecule has 0 saturated carbocycles. The van der Waals surface area contributed by atoms with Gasteiger partial charge in [-0.05, 0) is 19.0 Å². The van der Waals surface area contributed by atoms with Crippen molar-refractivity contribution in [3.8, 4) is 0 Å². The van der Waals surface area contributed by atoms with Crippen molar-refractivity contribution in [1.29, 1.82) is 0 Å². The Morgan fingerprint density at radius 3 is 3.20 bits per heavy atom. The van der Waals surface area contributed by atoms with Gasteiger partial charge in [0.05, 0.1) is 6.21 Å². The highest BCUT2D eigenvalue weighted by molar-refractivity contribution is 5.78. The monoisotopic (exact) mass is 140 g/mol. The van der Waals surface area contributed by atoms with Crippen molar-refractivity contribution in [2.45, 2.75) is 6.42 Å². The molecule has 1 aliphatic heterocycles. The molecule has 0 amide bonds. The van der Waals surface area contributed by atoms with Gasteiger partial charge in [-0.1, -0.05) is 11.2 Å². The lowest BCUT2D eigenvalue weighted by Gasteiger charge is -2.20. The first kappa shape index (κ1) is 7.28. The van der Waals surface area contributed by atoms with Crippen molar-refractivity contribution in [2.75, 3.05) is 20.1 Å². The zero-order valence-electron chi connectivity index (χ0n) is 6.12. The van der Waals surface area contributed by atoms with E-state index in [4.69, 9.17) is 5.21 Å². The van der Waals surface area contributed by atoms with Crippen LogP contribution in [-0.2, 0) is 0 Å². The van der Waals surface area contributed by atoms with Crippen LogP contribution in [0.25, 0.3) is 0 Å². The SMILES string of the molecule is CN1CCC=C(/C=N\O)C1. The van der Waals surface area contributed by atoms with E-state index < -0.39 is 0 Å². The molecule has 0 unspecified atom stereocenters. The molecule has 0 fully saturated rings. The first-order valence-corrected chi connectivity index (χ1v) is 3.38. The van der Waals surface area contributed by atoms with Crippen LogP contribution in [0.2, 0.25) is 0 Å². The number of hydrogen-bond acceptors (Lipinski definition) is 3. The summed E-state index contributed by atoms with van der Waals surface area (Å²) in [5.74, 6) is 0. The summed E-state index contributed by atoms with van der Waals surface area (Å²) >= 11 is 0. The fourth-order valence-electron chi connectivity index (χ4n) is 1.09. The number of oxime groups is 1. The van der Waals surface area contributed by atoms with Gasteiger partial charge in [0.15, 0.2) is 0 Å². The molecule has 0 aromatic heterocycles. The Kier molecular flexibility index (Phi) is 2.45. The largest absolute Gasteiger partial charge is 0.411 e. The molecule has 0 atom stereocenters. The normalized spacial score (nSPS) is 21.5. The van der Waals surface area contributed by atoms with E-state index in [-0.39, 0.29) is 0 Å². The van der Waals surface area contributed by atoms with E-state index in [1.54, 1.807) is 0 Å². The molecular weight excluding hydrogens is 128 g/mol. The topological polar surface area (TPSA) is 35.8 Å². The molecule has 3 heteroatoms. The lowest BCUT2D eigenvalue weighted by atomic mass is 10.1. The van der Waals surface area contributed by atoms with E-state index in [0.717, 1.165) is 25.1 Å². The highest BCUT2D eigenvalue weighted by Crippen LogP contribution is 2.04. The predicted molar refractivity (Wildman–Crippen MR) is 40.5 cm³/mol. The van der Waals surface area contributed by atoms with Crippen LogP contribution in [-0.4, -0.2) is 36.5 Å². The van der Waals surface area contributed by atoms with Crippen molar-refractivity contribution in [1.82, 2.24) is 4.90 Å². The fraction of sp³-hybridized carbons (Fsp3) is 0.571. The zero-order valence-corrected chi connectivity index (χ0v) is 6.12. The van der Waals surface area contributed by atoms with Crippen LogP contribution in [0.5, 0.6) is 0 Å². The number of hydrogen-bond donors (Lipinski definition) is 1. The van der Waals surface area contributed by atoms with Gasteiger partial charge in [0.25, 0.3) is 0 Å². The van der Waals surface area contributed by atoms with Crippen molar-refractivity contribution in [2.24, 2.45) is 5.16 Å². The highest BCUT2D eigenvalue weighted by atomic mass is 16.4. The highest BCUT2D eigenvalue weighted by Gasteiger charge is 2.05. The van der Waals surface area contributed by atoms with Gasteiger partial charge in [0.2, 0.25) is 0 Å². The molecule has 56 valence electrons. The van der Waals surface area contributed by atoms with Crippen LogP contribution in [0.1, 0.15) is 6.42 Å². The summed E-state index contributed by atoms with van der Waals surface area (Å²) < 4.78 is 0. The number of rotatable bonds is 1. The summed E-state index contributed by atoms with van der Waals surface area (Å²) in [7, 11) is 2.05. The molecule has 1 heterocycles. The second kappa shape index (κ2) is 3.37. The third-order valence-electron chi connectivity index (χ3n) is 1.59. The Morgan fingerprint density at radius 2 is 2.60 bits per heavy atom. The van der Waals surface area contributed by atoms with E-state index in [9.17, 15) is 0 Å².